The molecule has 13 heavy (non-hydrogen) atoms. The number of rotatable bonds is 3. The third kappa shape index (κ3) is 1.32. The molecule has 0 bridgehead atoms. The molecule has 0 amide bonds. The number of carboxylic acid groups (broad SMARTS) is 1. The van der Waals surface area contributed by atoms with E-state index in [1.165, 1.54) is 6.20 Å². The van der Waals surface area contributed by atoms with E-state index in [2.05, 4.69) is 5.10 Å². The summed E-state index contributed by atoms with van der Waals surface area (Å²) in [6.07, 6.45) is 3.66. The zero-order valence-corrected chi connectivity index (χ0v) is 7.53. The molecule has 4 nitrogen and oxygen atoms in total. The number of carbonyl (C=O) groups is 1. The number of aromatic carboxylic acids is 1. The molecule has 1 aliphatic carbocycles. The van der Waals surface area contributed by atoms with Crippen molar-refractivity contribution in [2.24, 2.45) is 0 Å². The number of hydrogen-bond acceptors (Lipinski definition) is 2. The molecule has 0 atom stereocenters. The average molecular weight is 180 g/mol. The quantitative estimate of drug-likeness (QED) is 0.766. The Balaban J connectivity index is 2.44. The van der Waals surface area contributed by atoms with Crippen molar-refractivity contribution >= 4 is 5.97 Å². The second-order valence-corrected chi connectivity index (χ2v) is 3.34. The van der Waals surface area contributed by atoms with Gasteiger partial charge in [-0.15, -0.1) is 0 Å². The Morgan fingerprint density at radius 1 is 1.77 bits per heavy atom. The first-order valence-electron chi connectivity index (χ1n) is 4.53. The van der Waals surface area contributed by atoms with E-state index in [0.717, 1.165) is 25.1 Å². The van der Waals surface area contributed by atoms with Crippen molar-refractivity contribution in [3.8, 4) is 0 Å². The Morgan fingerprint density at radius 2 is 2.46 bits per heavy atom. The van der Waals surface area contributed by atoms with E-state index in [4.69, 9.17) is 5.11 Å². The molecular formula is C9H12N2O2. The van der Waals surface area contributed by atoms with Crippen molar-refractivity contribution < 1.29 is 9.90 Å². The Labute approximate surface area is 76.2 Å². The van der Waals surface area contributed by atoms with Crippen LogP contribution in [0.4, 0.5) is 0 Å². The van der Waals surface area contributed by atoms with Crippen LogP contribution >= 0.6 is 0 Å². The van der Waals surface area contributed by atoms with Gasteiger partial charge in [-0.1, -0.05) is 0 Å². The van der Waals surface area contributed by atoms with E-state index in [1.807, 2.05) is 6.92 Å². The highest BCUT2D eigenvalue weighted by Crippen LogP contribution is 2.41. The maximum absolute atomic E-state index is 10.8. The maximum atomic E-state index is 10.8. The van der Waals surface area contributed by atoms with Crippen molar-refractivity contribution in [2.75, 3.05) is 0 Å². The fraction of sp³-hybridized carbons (Fsp3) is 0.556. The Bertz CT molecular complexity index is 339. The number of aromatic nitrogens is 2. The number of nitrogens with zero attached hydrogens (tertiary/aromatic N) is 2. The van der Waals surface area contributed by atoms with Gasteiger partial charge in [0.25, 0.3) is 0 Å². The molecule has 1 saturated carbocycles. The molecule has 0 saturated heterocycles. The summed E-state index contributed by atoms with van der Waals surface area (Å²) in [4.78, 5) is 10.8. The van der Waals surface area contributed by atoms with Gasteiger partial charge in [-0.05, 0) is 19.8 Å². The molecule has 1 aromatic heterocycles. The van der Waals surface area contributed by atoms with Crippen LogP contribution in [-0.2, 0) is 6.54 Å². The lowest BCUT2D eigenvalue weighted by Crippen LogP contribution is -2.05. The first-order chi connectivity index (χ1) is 6.24. The molecule has 0 aliphatic heterocycles. The largest absolute Gasteiger partial charge is 0.478 e. The maximum Gasteiger partial charge on any atom is 0.339 e. The second-order valence-electron chi connectivity index (χ2n) is 3.34. The highest BCUT2D eigenvalue weighted by atomic mass is 16.4. The molecule has 1 fully saturated rings. The number of carboxylic acids is 1. The first kappa shape index (κ1) is 8.29. The molecule has 0 radical (unpaired) electrons. The van der Waals surface area contributed by atoms with E-state index in [9.17, 15) is 4.79 Å². The van der Waals surface area contributed by atoms with Crippen LogP contribution in [0.2, 0.25) is 0 Å². The summed E-state index contributed by atoms with van der Waals surface area (Å²) in [6.45, 7) is 2.73. The molecule has 0 spiro atoms. The van der Waals surface area contributed by atoms with E-state index in [1.54, 1.807) is 4.68 Å². The van der Waals surface area contributed by atoms with Gasteiger partial charge in [-0.3, -0.25) is 4.68 Å². The van der Waals surface area contributed by atoms with Gasteiger partial charge < -0.3 is 5.11 Å². The zero-order chi connectivity index (χ0) is 9.42. The Morgan fingerprint density at radius 3 is 2.92 bits per heavy atom. The fourth-order valence-corrected chi connectivity index (χ4v) is 1.60. The van der Waals surface area contributed by atoms with Gasteiger partial charge in [-0.2, -0.15) is 5.10 Å². The van der Waals surface area contributed by atoms with Gasteiger partial charge in [0.05, 0.1) is 11.9 Å². The van der Waals surface area contributed by atoms with Crippen molar-refractivity contribution in [1.82, 2.24) is 9.78 Å². The van der Waals surface area contributed by atoms with Gasteiger partial charge >= 0.3 is 5.97 Å². The highest BCUT2D eigenvalue weighted by Gasteiger charge is 2.31. The van der Waals surface area contributed by atoms with Crippen LogP contribution in [0.1, 0.15) is 41.7 Å². The van der Waals surface area contributed by atoms with E-state index < -0.39 is 5.97 Å². The van der Waals surface area contributed by atoms with E-state index in [0.29, 0.717) is 11.5 Å². The summed E-state index contributed by atoms with van der Waals surface area (Å²) in [6, 6.07) is 0. The van der Waals surface area contributed by atoms with Gasteiger partial charge in [-0.25, -0.2) is 4.79 Å². The van der Waals surface area contributed by atoms with Crippen LogP contribution in [0.3, 0.4) is 0 Å². The predicted molar refractivity (Wildman–Crippen MR) is 46.8 cm³/mol. The molecule has 1 heterocycles. The van der Waals surface area contributed by atoms with Crippen LogP contribution in [0.25, 0.3) is 0 Å². The van der Waals surface area contributed by atoms with Gasteiger partial charge in [0.15, 0.2) is 0 Å². The molecule has 2 rings (SSSR count). The average Bonchev–Trinajstić information content (AvgIpc) is 2.84. The van der Waals surface area contributed by atoms with E-state index >= 15 is 0 Å². The molecule has 70 valence electrons. The Kier molecular flexibility index (Phi) is 1.83. The molecule has 1 aromatic rings. The van der Waals surface area contributed by atoms with E-state index in [-0.39, 0.29) is 0 Å². The minimum absolute atomic E-state index is 0.379. The molecule has 4 heteroatoms. The fourth-order valence-electron chi connectivity index (χ4n) is 1.60. The summed E-state index contributed by atoms with van der Waals surface area (Å²) in [5.41, 5.74) is 1.29. The summed E-state index contributed by atoms with van der Waals surface area (Å²) >= 11 is 0. The normalized spacial score (nSPS) is 16.1. The van der Waals surface area contributed by atoms with Gasteiger partial charge in [0.1, 0.15) is 5.56 Å². The third-order valence-corrected chi connectivity index (χ3v) is 2.37. The Hall–Kier alpha value is -1.32. The lowest BCUT2D eigenvalue weighted by molar-refractivity contribution is 0.0695. The topological polar surface area (TPSA) is 55.1 Å². The van der Waals surface area contributed by atoms with Crippen LogP contribution in [0.15, 0.2) is 6.20 Å². The zero-order valence-electron chi connectivity index (χ0n) is 7.53. The summed E-state index contributed by atoms with van der Waals surface area (Å²) in [5, 5.41) is 13.0. The predicted octanol–water partition coefficient (Wildman–Crippen LogP) is 1.48. The molecule has 0 unspecified atom stereocenters. The molecule has 1 N–H and O–H groups in total. The monoisotopic (exact) mass is 180 g/mol. The SMILES string of the molecule is CCn1ncc(C(=O)O)c1C1CC1. The number of hydrogen-bond donors (Lipinski definition) is 1. The molecule has 1 aliphatic rings. The summed E-state index contributed by atoms with van der Waals surface area (Å²) in [7, 11) is 0. The van der Waals surface area contributed by atoms with Crippen LogP contribution in [0.5, 0.6) is 0 Å². The minimum Gasteiger partial charge on any atom is -0.478 e. The van der Waals surface area contributed by atoms with Crippen LogP contribution < -0.4 is 0 Å². The van der Waals surface area contributed by atoms with Crippen LogP contribution in [0, 0.1) is 0 Å². The first-order valence-corrected chi connectivity index (χ1v) is 4.53. The highest BCUT2D eigenvalue weighted by molar-refractivity contribution is 5.89. The van der Waals surface area contributed by atoms with Crippen molar-refractivity contribution in [3.63, 3.8) is 0 Å². The molecule has 0 aromatic carbocycles. The lowest BCUT2D eigenvalue weighted by atomic mass is 10.2. The number of aryl methyl sites for hydroxylation is 1. The van der Waals surface area contributed by atoms with Gasteiger partial charge in [0, 0.05) is 12.5 Å². The van der Waals surface area contributed by atoms with Crippen LogP contribution in [-0.4, -0.2) is 20.9 Å². The van der Waals surface area contributed by atoms with Crippen molar-refractivity contribution in [1.29, 1.82) is 0 Å². The summed E-state index contributed by atoms with van der Waals surface area (Å²) < 4.78 is 1.79. The second kappa shape index (κ2) is 2.87. The standard InChI is InChI=1S/C9H12N2O2/c1-2-11-8(6-3-4-6)7(5-10-11)9(12)13/h5-6H,2-4H2,1H3,(H,12,13). The molecular weight excluding hydrogens is 168 g/mol. The smallest absolute Gasteiger partial charge is 0.339 e. The summed E-state index contributed by atoms with van der Waals surface area (Å²) in [5.74, 6) is -0.421. The van der Waals surface area contributed by atoms with Crippen molar-refractivity contribution in [3.05, 3.63) is 17.5 Å². The third-order valence-electron chi connectivity index (χ3n) is 2.37. The van der Waals surface area contributed by atoms with Crippen molar-refractivity contribution in [2.45, 2.75) is 32.2 Å². The lowest BCUT2D eigenvalue weighted by Gasteiger charge is -2.03. The van der Waals surface area contributed by atoms with Gasteiger partial charge in [0.2, 0.25) is 0 Å². The minimum atomic E-state index is -0.860.